The molecule has 0 saturated carbocycles. The normalized spacial score (nSPS) is 25.6. The maximum absolute atomic E-state index is 12.9. The van der Waals surface area contributed by atoms with Crippen LogP contribution in [0, 0.1) is 11.3 Å². The molecular weight excluding hydrogens is 340 g/mol. The van der Waals surface area contributed by atoms with Gasteiger partial charge in [0.25, 0.3) is 5.91 Å². The van der Waals surface area contributed by atoms with E-state index in [9.17, 15) is 14.7 Å². The third kappa shape index (κ3) is 2.73. The molecule has 2 saturated heterocycles. The number of hydrogen-bond acceptors (Lipinski definition) is 5. The van der Waals surface area contributed by atoms with Crippen molar-refractivity contribution in [1.29, 1.82) is 0 Å². The number of amides is 1. The molecule has 1 N–H and O–H groups in total. The number of carbonyl (C=O) groups is 2. The summed E-state index contributed by atoms with van der Waals surface area (Å²) < 4.78 is 5.44. The molecule has 2 aromatic rings. The number of ether oxygens (including phenoxy) is 1. The number of carboxylic acid groups (broad SMARTS) is 1. The molecule has 4 rings (SSSR count). The quantitative estimate of drug-likeness (QED) is 0.911. The summed E-state index contributed by atoms with van der Waals surface area (Å²) in [7, 11) is 0. The highest BCUT2D eigenvalue weighted by molar-refractivity contribution is 7.16. The third-order valence-corrected chi connectivity index (χ3v) is 6.19. The van der Waals surface area contributed by atoms with Gasteiger partial charge in [0.1, 0.15) is 9.88 Å². The Morgan fingerprint density at radius 3 is 2.84 bits per heavy atom. The monoisotopic (exact) mass is 358 g/mol. The lowest BCUT2D eigenvalue weighted by Crippen LogP contribution is -2.45. The molecule has 0 unspecified atom stereocenters. The number of carbonyl (C=O) groups excluding carboxylic acids is 1. The topological polar surface area (TPSA) is 79.7 Å². The number of carboxylic acids is 1. The average molecular weight is 358 g/mol. The van der Waals surface area contributed by atoms with Crippen LogP contribution in [0.15, 0.2) is 36.5 Å². The van der Waals surface area contributed by atoms with Gasteiger partial charge in [0.15, 0.2) is 0 Å². The van der Waals surface area contributed by atoms with Gasteiger partial charge in [-0.1, -0.05) is 30.3 Å². The van der Waals surface area contributed by atoms with Gasteiger partial charge >= 0.3 is 5.97 Å². The summed E-state index contributed by atoms with van der Waals surface area (Å²) in [6.07, 6.45) is 2.04. The van der Waals surface area contributed by atoms with Crippen LogP contribution in [0.1, 0.15) is 16.1 Å². The van der Waals surface area contributed by atoms with E-state index in [2.05, 4.69) is 4.98 Å². The fourth-order valence-corrected chi connectivity index (χ4v) is 4.59. The summed E-state index contributed by atoms with van der Waals surface area (Å²) in [4.78, 5) is 31.3. The highest BCUT2D eigenvalue weighted by Gasteiger charge is 2.55. The van der Waals surface area contributed by atoms with Crippen molar-refractivity contribution in [2.24, 2.45) is 11.3 Å². The molecule has 1 amide bonds. The molecule has 2 aliphatic rings. The second-order valence-corrected chi connectivity index (χ2v) is 7.60. The maximum Gasteiger partial charge on any atom is 0.311 e. The van der Waals surface area contributed by atoms with E-state index in [1.54, 1.807) is 11.1 Å². The number of aliphatic carboxylic acids is 1. The second kappa shape index (κ2) is 6.24. The molecule has 0 aliphatic carbocycles. The minimum absolute atomic E-state index is 0.144. The minimum Gasteiger partial charge on any atom is -0.481 e. The van der Waals surface area contributed by atoms with Crippen molar-refractivity contribution >= 4 is 23.2 Å². The number of benzene rings is 1. The van der Waals surface area contributed by atoms with Crippen molar-refractivity contribution in [3.05, 3.63) is 41.4 Å². The zero-order valence-electron chi connectivity index (χ0n) is 13.6. The number of nitrogens with zero attached hydrogens (tertiary/aromatic N) is 2. The number of rotatable bonds is 3. The molecule has 6 nitrogen and oxygen atoms in total. The highest BCUT2D eigenvalue weighted by atomic mass is 32.1. The van der Waals surface area contributed by atoms with E-state index in [1.165, 1.54) is 11.3 Å². The summed E-state index contributed by atoms with van der Waals surface area (Å²) in [5.41, 5.74) is 0.0953. The molecule has 7 heteroatoms. The van der Waals surface area contributed by atoms with Crippen LogP contribution in [0.3, 0.4) is 0 Å². The molecular formula is C18H18N2O4S. The lowest BCUT2D eigenvalue weighted by Gasteiger charge is -2.33. The van der Waals surface area contributed by atoms with E-state index < -0.39 is 11.4 Å². The zero-order chi connectivity index (χ0) is 17.4. The molecule has 2 fully saturated rings. The van der Waals surface area contributed by atoms with Crippen LogP contribution in [-0.2, 0) is 9.53 Å². The van der Waals surface area contributed by atoms with Crippen molar-refractivity contribution in [1.82, 2.24) is 9.88 Å². The highest BCUT2D eigenvalue weighted by Crippen LogP contribution is 2.43. The van der Waals surface area contributed by atoms with Crippen molar-refractivity contribution in [3.63, 3.8) is 0 Å². The number of thiazole rings is 1. The van der Waals surface area contributed by atoms with E-state index in [-0.39, 0.29) is 18.4 Å². The van der Waals surface area contributed by atoms with Gasteiger partial charge in [-0.2, -0.15) is 0 Å². The largest absolute Gasteiger partial charge is 0.481 e. The van der Waals surface area contributed by atoms with Crippen LogP contribution < -0.4 is 0 Å². The van der Waals surface area contributed by atoms with Gasteiger partial charge in [0.2, 0.25) is 0 Å². The number of hydrogen-bond donors (Lipinski definition) is 1. The Hall–Kier alpha value is -2.25. The summed E-state index contributed by atoms with van der Waals surface area (Å²) in [6.45, 7) is 1.50. The van der Waals surface area contributed by atoms with E-state index in [1.807, 2.05) is 30.3 Å². The Labute approximate surface area is 149 Å². The fraction of sp³-hybridized carbons (Fsp3) is 0.389. The van der Waals surface area contributed by atoms with Crippen LogP contribution in [0.25, 0.3) is 10.6 Å². The van der Waals surface area contributed by atoms with Gasteiger partial charge in [0, 0.05) is 31.2 Å². The van der Waals surface area contributed by atoms with Crippen molar-refractivity contribution in [3.8, 4) is 10.6 Å². The lowest BCUT2D eigenvalue weighted by molar-refractivity contribution is -0.157. The molecule has 0 radical (unpaired) electrons. The Kier molecular flexibility index (Phi) is 4.05. The molecule has 3 heterocycles. The first-order chi connectivity index (χ1) is 12.1. The lowest BCUT2D eigenvalue weighted by atomic mass is 9.74. The Bertz CT molecular complexity index is 806. The van der Waals surface area contributed by atoms with Gasteiger partial charge in [-0.25, -0.2) is 4.98 Å². The zero-order valence-corrected chi connectivity index (χ0v) is 14.4. The van der Waals surface area contributed by atoms with Crippen molar-refractivity contribution in [2.45, 2.75) is 6.42 Å². The van der Waals surface area contributed by atoms with E-state index in [0.717, 1.165) is 10.6 Å². The third-order valence-electron chi connectivity index (χ3n) is 5.16. The first-order valence-corrected chi connectivity index (χ1v) is 9.03. The molecule has 1 aromatic heterocycles. The number of fused-ring (bicyclic) bond motifs is 1. The smallest absolute Gasteiger partial charge is 0.311 e. The average Bonchev–Trinajstić information content (AvgIpc) is 3.27. The van der Waals surface area contributed by atoms with Crippen molar-refractivity contribution < 1.29 is 19.4 Å². The van der Waals surface area contributed by atoms with Gasteiger partial charge in [-0.3, -0.25) is 9.59 Å². The molecule has 1 aromatic carbocycles. The first-order valence-electron chi connectivity index (χ1n) is 8.22. The van der Waals surface area contributed by atoms with Gasteiger partial charge in [-0.05, 0) is 6.42 Å². The van der Waals surface area contributed by atoms with Gasteiger partial charge < -0.3 is 14.7 Å². The SMILES string of the molecule is O=C(c1cnc(-c2ccccc2)s1)N1C[C@H]2COCC[C@@]2(C(=O)O)C1. The summed E-state index contributed by atoms with van der Waals surface area (Å²) in [5.74, 6) is -1.12. The molecule has 0 spiro atoms. The van der Waals surface area contributed by atoms with Crippen LogP contribution in [0.5, 0.6) is 0 Å². The maximum atomic E-state index is 12.9. The number of likely N-dealkylation sites (tertiary alicyclic amines) is 1. The number of aromatic nitrogens is 1. The summed E-state index contributed by atoms with van der Waals surface area (Å²) in [6, 6.07) is 9.70. The van der Waals surface area contributed by atoms with E-state index in [0.29, 0.717) is 31.1 Å². The van der Waals surface area contributed by atoms with Crippen LogP contribution >= 0.6 is 11.3 Å². The Morgan fingerprint density at radius 2 is 2.12 bits per heavy atom. The first kappa shape index (κ1) is 16.2. The van der Waals surface area contributed by atoms with Gasteiger partial charge in [0.05, 0.1) is 18.2 Å². The summed E-state index contributed by atoms with van der Waals surface area (Å²) >= 11 is 1.34. The molecule has 2 atom stereocenters. The van der Waals surface area contributed by atoms with Gasteiger partial charge in [-0.15, -0.1) is 11.3 Å². The van der Waals surface area contributed by atoms with Crippen LogP contribution in [-0.4, -0.2) is 53.2 Å². The summed E-state index contributed by atoms with van der Waals surface area (Å²) in [5, 5.41) is 10.5. The fourth-order valence-electron chi connectivity index (χ4n) is 3.70. The minimum atomic E-state index is -0.874. The standard InChI is InChI=1S/C18H18N2O4S/c21-16(14-8-19-15(25-14)12-4-2-1-3-5-12)20-9-13-10-24-7-6-18(13,11-20)17(22)23/h1-5,8,13H,6-7,9-11H2,(H,22,23)/t13-,18+/m0/s1. The molecule has 0 bridgehead atoms. The van der Waals surface area contributed by atoms with E-state index in [4.69, 9.17) is 4.74 Å². The second-order valence-electron chi connectivity index (χ2n) is 6.56. The Morgan fingerprint density at radius 1 is 1.32 bits per heavy atom. The Balaban J connectivity index is 1.56. The molecule has 2 aliphatic heterocycles. The van der Waals surface area contributed by atoms with E-state index >= 15 is 0 Å². The van der Waals surface area contributed by atoms with Crippen LogP contribution in [0.4, 0.5) is 0 Å². The van der Waals surface area contributed by atoms with Crippen molar-refractivity contribution in [2.75, 3.05) is 26.3 Å². The predicted molar refractivity (Wildman–Crippen MR) is 92.4 cm³/mol. The predicted octanol–water partition coefficient (Wildman–Crippen LogP) is 2.37. The van der Waals surface area contributed by atoms with Crippen LogP contribution in [0.2, 0.25) is 0 Å². The molecule has 130 valence electrons. The molecule has 25 heavy (non-hydrogen) atoms.